The quantitative estimate of drug-likeness (QED) is 0.326. The minimum absolute atomic E-state index is 0.392. The molecule has 0 heterocycles. The molecular formula is C10H12N2O2. The molecule has 74 valence electrons. The van der Waals surface area contributed by atoms with E-state index in [9.17, 15) is 4.79 Å². The fourth-order valence-electron chi connectivity index (χ4n) is 1.000. The zero-order valence-corrected chi connectivity index (χ0v) is 7.86. The van der Waals surface area contributed by atoms with Crippen LogP contribution in [-0.2, 0) is 9.53 Å². The summed E-state index contributed by atoms with van der Waals surface area (Å²) in [4.78, 5) is 10.8. The van der Waals surface area contributed by atoms with Gasteiger partial charge in [-0.3, -0.25) is 5.84 Å². The van der Waals surface area contributed by atoms with Gasteiger partial charge in [-0.1, -0.05) is 18.2 Å². The predicted octanol–water partition coefficient (Wildman–Crippen LogP) is 1.16. The standard InChI is InChI=1S/C10H12N2O2/c1-14-10(13)7-6-8-4-2-3-5-9(8)12-11/h2-7,12H,11H2,1H3. The number of carbonyl (C=O) groups is 1. The van der Waals surface area contributed by atoms with E-state index in [2.05, 4.69) is 10.2 Å². The van der Waals surface area contributed by atoms with Crippen LogP contribution in [0.25, 0.3) is 6.08 Å². The first-order valence-corrected chi connectivity index (χ1v) is 4.09. The average Bonchev–Trinajstić information content (AvgIpc) is 2.26. The number of hydrazine groups is 1. The highest BCUT2D eigenvalue weighted by Gasteiger charge is 1.96. The van der Waals surface area contributed by atoms with Gasteiger partial charge in [-0.25, -0.2) is 4.79 Å². The molecule has 0 amide bonds. The first kappa shape index (κ1) is 10.3. The minimum Gasteiger partial charge on any atom is -0.466 e. The first-order chi connectivity index (χ1) is 6.77. The van der Waals surface area contributed by atoms with Crippen LogP contribution in [0.3, 0.4) is 0 Å². The van der Waals surface area contributed by atoms with Crippen molar-refractivity contribution in [3.8, 4) is 0 Å². The summed E-state index contributed by atoms with van der Waals surface area (Å²) < 4.78 is 4.47. The first-order valence-electron chi connectivity index (χ1n) is 4.09. The third kappa shape index (κ3) is 2.60. The lowest BCUT2D eigenvalue weighted by Gasteiger charge is -2.03. The summed E-state index contributed by atoms with van der Waals surface area (Å²) in [6.45, 7) is 0. The number of nitrogens with two attached hydrogens (primary N) is 1. The van der Waals surface area contributed by atoms with Gasteiger partial charge < -0.3 is 10.2 Å². The van der Waals surface area contributed by atoms with Crippen molar-refractivity contribution < 1.29 is 9.53 Å². The molecule has 0 aliphatic heterocycles. The molecule has 1 aromatic carbocycles. The fourth-order valence-corrected chi connectivity index (χ4v) is 1.000. The Balaban J connectivity index is 2.85. The van der Waals surface area contributed by atoms with Crippen molar-refractivity contribution in [1.29, 1.82) is 0 Å². The lowest BCUT2D eigenvalue weighted by atomic mass is 10.1. The Morgan fingerprint density at radius 1 is 1.50 bits per heavy atom. The molecule has 0 fully saturated rings. The maximum Gasteiger partial charge on any atom is 0.330 e. The fraction of sp³-hybridized carbons (Fsp3) is 0.100. The summed E-state index contributed by atoms with van der Waals surface area (Å²) in [5.41, 5.74) is 4.12. The number of benzene rings is 1. The van der Waals surface area contributed by atoms with Gasteiger partial charge in [0.1, 0.15) is 0 Å². The van der Waals surface area contributed by atoms with Crippen molar-refractivity contribution >= 4 is 17.7 Å². The highest BCUT2D eigenvalue weighted by molar-refractivity contribution is 5.88. The molecule has 14 heavy (non-hydrogen) atoms. The Hall–Kier alpha value is -1.81. The zero-order valence-electron chi connectivity index (χ0n) is 7.86. The molecule has 0 spiro atoms. The second kappa shape index (κ2) is 5.04. The van der Waals surface area contributed by atoms with E-state index in [1.54, 1.807) is 6.08 Å². The lowest BCUT2D eigenvalue weighted by Crippen LogP contribution is -2.07. The van der Waals surface area contributed by atoms with E-state index < -0.39 is 5.97 Å². The molecule has 0 saturated carbocycles. The van der Waals surface area contributed by atoms with E-state index in [4.69, 9.17) is 5.84 Å². The topological polar surface area (TPSA) is 64.3 Å². The molecule has 1 aromatic rings. The van der Waals surface area contributed by atoms with Crippen LogP contribution in [0.5, 0.6) is 0 Å². The second-order valence-corrected chi connectivity index (χ2v) is 2.59. The van der Waals surface area contributed by atoms with Crippen molar-refractivity contribution in [3.05, 3.63) is 35.9 Å². The molecular weight excluding hydrogens is 180 g/mol. The van der Waals surface area contributed by atoms with Crippen LogP contribution in [0.1, 0.15) is 5.56 Å². The van der Waals surface area contributed by atoms with E-state index in [1.807, 2.05) is 24.3 Å². The van der Waals surface area contributed by atoms with E-state index in [0.29, 0.717) is 0 Å². The molecule has 4 heteroatoms. The summed E-state index contributed by atoms with van der Waals surface area (Å²) >= 11 is 0. The Morgan fingerprint density at radius 3 is 2.86 bits per heavy atom. The molecule has 0 atom stereocenters. The number of nitrogens with one attached hydrogen (secondary N) is 1. The van der Waals surface area contributed by atoms with Gasteiger partial charge in [0.25, 0.3) is 0 Å². The van der Waals surface area contributed by atoms with Gasteiger partial charge in [0, 0.05) is 6.08 Å². The lowest BCUT2D eigenvalue weighted by molar-refractivity contribution is -0.134. The van der Waals surface area contributed by atoms with E-state index in [0.717, 1.165) is 11.3 Å². The van der Waals surface area contributed by atoms with Gasteiger partial charge in [-0.15, -0.1) is 0 Å². The van der Waals surface area contributed by atoms with Crippen LogP contribution in [-0.4, -0.2) is 13.1 Å². The van der Waals surface area contributed by atoms with Crippen LogP contribution in [0, 0.1) is 0 Å². The number of nitrogen functional groups attached to an aromatic ring is 1. The van der Waals surface area contributed by atoms with Crippen molar-refractivity contribution in [3.63, 3.8) is 0 Å². The van der Waals surface area contributed by atoms with Crippen molar-refractivity contribution in [2.45, 2.75) is 0 Å². The van der Waals surface area contributed by atoms with Gasteiger partial charge in [0.15, 0.2) is 0 Å². The summed E-state index contributed by atoms with van der Waals surface area (Å²) in [6, 6.07) is 7.37. The van der Waals surface area contributed by atoms with Crippen molar-refractivity contribution in [2.75, 3.05) is 12.5 Å². The van der Waals surface area contributed by atoms with Crippen LogP contribution < -0.4 is 11.3 Å². The van der Waals surface area contributed by atoms with Gasteiger partial charge >= 0.3 is 5.97 Å². The van der Waals surface area contributed by atoms with Crippen LogP contribution in [0.15, 0.2) is 30.3 Å². The minimum atomic E-state index is -0.392. The Labute approximate surface area is 82.3 Å². The molecule has 0 aliphatic carbocycles. The number of methoxy groups -OCH3 is 1. The van der Waals surface area contributed by atoms with E-state index in [-0.39, 0.29) is 0 Å². The Morgan fingerprint density at radius 2 is 2.21 bits per heavy atom. The summed E-state index contributed by atoms with van der Waals surface area (Å²) in [7, 11) is 1.33. The van der Waals surface area contributed by atoms with Gasteiger partial charge in [0.2, 0.25) is 0 Å². The number of hydrogen-bond acceptors (Lipinski definition) is 4. The van der Waals surface area contributed by atoms with Crippen molar-refractivity contribution in [2.24, 2.45) is 5.84 Å². The summed E-state index contributed by atoms with van der Waals surface area (Å²) in [6.07, 6.45) is 2.98. The van der Waals surface area contributed by atoms with E-state index >= 15 is 0 Å². The maximum absolute atomic E-state index is 10.8. The predicted molar refractivity (Wildman–Crippen MR) is 55.3 cm³/mol. The number of rotatable bonds is 3. The molecule has 3 N–H and O–H groups in total. The number of hydrogen-bond donors (Lipinski definition) is 2. The highest BCUT2D eigenvalue weighted by Crippen LogP contribution is 2.14. The highest BCUT2D eigenvalue weighted by atomic mass is 16.5. The van der Waals surface area contributed by atoms with Crippen LogP contribution in [0.4, 0.5) is 5.69 Å². The van der Waals surface area contributed by atoms with Gasteiger partial charge in [-0.05, 0) is 17.7 Å². The summed E-state index contributed by atoms with van der Waals surface area (Å²) in [5, 5.41) is 0. The second-order valence-electron chi connectivity index (χ2n) is 2.59. The molecule has 0 saturated heterocycles. The molecule has 0 aliphatic rings. The number of para-hydroxylation sites is 1. The molecule has 0 bridgehead atoms. The van der Waals surface area contributed by atoms with Crippen molar-refractivity contribution in [1.82, 2.24) is 0 Å². The number of carbonyl (C=O) groups excluding carboxylic acids is 1. The Bertz CT molecular complexity index is 348. The summed E-state index contributed by atoms with van der Waals surface area (Å²) in [5.74, 6) is 4.90. The SMILES string of the molecule is COC(=O)C=Cc1ccccc1NN. The molecule has 1 rings (SSSR count). The van der Waals surface area contributed by atoms with Crippen LogP contribution >= 0.6 is 0 Å². The number of esters is 1. The molecule has 0 unspecified atom stereocenters. The third-order valence-corrected chi connectivity index (χ3v) is 1.72. The van der Waals surface area contributed by atoms with Gasteiger partial charge in [-0.2, -0.15) is 0 Å². The third-order valence-electron chi connectivity index (χ3n) is 1.72. The number of anilines is 1. The zero-order chi connectivity index (χ0) is 10.4. The Kier molecular flexibility index (Phi) is 3.69. The normalized spacial score (nSPS) is 10.1. The van der Waals surface area contributed by atoms with E-state index in [1.165, 1.54) is 13.2 Å². The van der Waals surface area contributed by atoms with Gasteiger partial charge in [0.05, 0.1) is 12.8 Å². The number of ether oxygens (including phenoxy) is 1. The van der Waals surface area contributed by atoms with Crippen LogP contribution in [0.2, 0.25) is 0 Å². The molecule has 4 nitrogen and oxygen atoms in total. The average molecular weight is 192 g/mol. The molecule has 0 radical (unpaired) electrons. The maximum atomic E-state index is 10.8. The largest absolute Gasteiger partial charge is 0.466 e. The monoisotopic (exact) mass is 192 g/mol. The molecule has 0 aromatic heterocycles. The smallest absolute Gasteiger partial charge is 0.330 e.